The van der Waals surface area contributed by atoms with Crippen LogP contribution in [0.15, 0.2) is 24.3 Å². The standard InChI is InChI=1S/C10H14O7P2/c1-9-2-4-10(5-3-9)8-14-6-7-18(11,12)17-19(13)15-16-19/h2-5,13H,6-8H2,1H3/p+1. The summed E-state index contributed by atoms with van der Waals surface area (Å²) in [6.07, 6.45) is -0.242. The van der Waals surface area contributed by atoms with Gasteiger partial charge in [0.1, 0.15) is 0 Å². The molecule has 1 aromatic rings. The van der Waals surface area contributed by atoms with E-state index in [9.17, 15) is 9.46 Å². The van der Waals surface area contributed by atoms with Gasteiger partial charge in [-0.15, -0.1) is 0 Å². The zero-order valence-corrected chi connectivity index (χ0v) is 12.0. The number of hydrogen-bond acceptors (Lipinski definition) is 6. The second-order valence-electron chi connectivity index (χ2n) is 4.10. The van der Waals surface area contributed by atoms with Gasteiger partial charge >= 0.3 is 15.8 Å². The van der Waals surface area contributed by atoms with Crippen LogP contribution in [0.2, 0.25) is 0 Å². The summed E-state index contributed by atoms with van der Waals surface area (Å²) in [5.74, 6) is 0. The molecule has 1 aliphatic heterocycles. The van der Waals surface area contributed by atoms with Crippen LogP contribution >= 0.6 is 15.8 Å². The van der Waals surface area contributed by atoms with Crippen molar-refractivity contribution in [2.75, 3.05) is 12.8 Å². The number of benzene rings is 1. The lowest BCUT2D eigenvalue weighted by Gasteiger charge is -2.07. The molecule has 1 heterocycles. The van der Waals surface area contributed by atoms with Gasteiger partial charge in [0.2, 0.25) is 0 Å². The first-order chi connectivity index (χ1) is 8.89. The van der Waals surface area contributed by atoms with E-state index in [4.69, 9.17) is 9.63 Å². The van der Waals surface area contributed by atoms with Gasteiger partial charge in [0.05, 0.1) is 28.7 Å². The highest BCUT2D eigenvalue weighted by molar-refractivity contribution is 7.69. The lowest BCUT2D eigenvalue weighted by molar-refractivity contribution is 0.0850. The molecule has 1 aliphatic rings. The largest absolute Gasteiger partial charge is 0.650 e. The smallest absolute Gasteiger partial charge is 0.376 e. The van der Waals surface area contributed by atoms with Crippen LogP contribution in [0.5, 0.6) is 0 Å². The van der Waals surface area contributed by atoms with Crippen LogP contribution in [-0.2, 0) is 29.6 Å². The van der Waals surface area contributed by atoms with E-state index in [2.05, 4.69) is 13.7 Å². The maximum absolute atomic E-state index is 11.5. The fourth-order valence-corrected chi connectivity index (χ4v) is 3.73. The van der Waals surface area contributed by atoms with Gasteiger partial charge in [0.15, 0.2) is 0 Å². The third kappa shape index (κ3) is 5.26. The van der Waals surface area contributed by atoms with Crippen molar-refractivity contribution in [3.63, 3.8) is 0 Å². The van der Waals surface area contributed by atoms with E-state index in [0.717, 1.165) is 11.1 Å². The Morgan fingerprint density at radius 2 is 1.95 bits per heavy atom. The van der Waals surface area contributed by atoms with Crippen LogP contribution in [0, 0.1) is 6.92 Å². The van der Waals surface area contributed by atoms with Crippen LogP contribution in [0.1, 0.15) is 11.1 Å². The average Bonchev–Trinajstić information content (AvgIpc) is 3.03. The molecule has 0 amide bonds. The molecule has 0 radical (unpaired) electrons. The molecule has 2 rings (SSSR count). The van der Waals surface area contributed by atoms with Gasteiger partial charge < -0.3 is 9.63 Å². The van der Waals surface area contributed by atoms with E-state index < -0.39 is 15.8 Å². The molecule has 7 nitrogen and oxygen atoms in total. The lowest BCUT2D eigenvalue weighted by atomic mass is 10.2. The molecule has 0 spiro atoms. The molecule has 1 unspecified atom stereocenters. The Labute approximate surface area is 111 Å². The Morgan fingerprint density at radius 3 is 2.53 bits per heavy atom. The molecule has 9 heteroatoms. The van der Waals surface area contributed by atoms with Crippen molar-refractivity contribution in [2.45, 2.75) is 13.5 Å². The number of rotatable bonds is 7. The summed E-state index contributed by atoms with van der Waals surface area (Å²) in [5.41, 5.74) is 2.12. The molecule has 106 valence electrons. The Hall–Kier alpha value is -0.360. The summed E-state index contributed by atoms with van der Waals surface area (Å²) < 4.78 is 29.4. The monoisotopic (exact) mass is 309 g/mol. The Kier molecular flexibility index (Phi) is 4.71. The van der Waals surface area contributed by atoms with Crippen molar-refractivity contribution < 1.29 is 32.7 Å². The van der Waals surface area contributed by atoms with E-state index in [-0.39, 0.29) is 12.8 Å². The SMILES string of the molecule is Cc1ccc(COCCP(=O)(O)O[P+]2(O)OO2)cc1. The predicted octanol–water partition coefficient (Wildman–Crippen LogP) is 2.35. The van der Waals surface area contributed by atoms with E-state index >= 15 is 0 Å². The molecule has 2 N–H and O–H groups in total. The molecule has 1 atom stereocenters. The molecular weight excluding hydrogens is 294 g/mol. The maximum atomic E-state index is 11.5. The molecule has 0 aromatic heterocycles. The minimum absolute atomic E-state index is 0.0294. The Bertz CT molecular complexity index is 471. The van der Waals surface area contributed by atoms with Gasteiger partial charge in [0.25, 0.3) is 0 Å². The zero-order chi connectivity index (χ0) is 13.9. The second kappa shape index (κ2) is 5.95. The summed E-state index contributed by atoms with van der Waals surface area (Å²) in [5, 5.41) is 0. The van der Waals surface area contributed by atoms with Gasteiger partial charge in [-0.05, 0) is 12.5 Å². The molecule has 1 aromatic carbocycles. The number of aryl methyl sites for hydroxylation is 1. The lowest BCUT2D eigenvalue weighted by Crippen LogP contribution is -2.02. The summed E-state index contributed by atoms with van der Waals surface area (Å²) in [6.45, 7) is 2.36. The summed E-state index contributed by atoms with van der Waals surface area (Å²) in [7, 11) is -7.42. The Morgan fingerprint density at radius 1 is 1.32 bits per heavy atom. The van der Waals surface area contributed by atoms with Gasteiger partial charge in [-0.1, -0.05) is 34.1 Å². The molecule has 0 saturated carbocycles. The maximum Gasteiger partial charge on any atom is 0.650 e. The van der Waals surface area contributed by atoms with Crippen LogP contribution in [0.4, 0.5) is 0 Å². The molecule has 19 heavy (non-hydrogen) atoms. The van der Waals surface area contributed by atoms with Crippen LogP contribution in [0.25, 0.3) is 0 Å². The first-order valence-electron chi connectivity index (χ1n) is 5.55. The second-order valence-corrected chi connectivity index (χ2v) is 7.71. The van der Waals surface area contributed by atoms with Gasteiger partial charge in [-0.25, -0.2) is 0 Å². The van der Waals surface area contributed by atoms with Crippen molar-refractivity contribution >= 4 is 15.8 Å². The first kappa shape index (κ1) is 15.0. The minimum Gasteiger partial charge on any atom is -0.376 e. The third-order valence-corrected chi connectivity index (χ3v) is 5.34. The quantitative estimate of drug-likeness (QED) is 0.345. The van der Waals surface area contributed by atoms with Crippen molar-refractivity contribution in [3.05, 3.63) is 35.4 Å². The molecule has 0 aliphatic carbocycles. The highest BCUT2D eigenvalue weighted by atomic mass is 31.3. The normalized spacial score (nSPS) is 19.9. The van der Waals surface area contributed by atoms with Crippen molar-refractivity contribution in [2.24, 2.45) is 0 Å². The number of ether oxygens (including phenoxy) is 1. The van der Waals surface area contributed by atoms with E-state index in [1.165, 1.54) is 0 Å². The fourth-order valence-electron chi connectivity index (χ4n) is 1.31. The highest BCUT2D eigenvalue weighted by Gasteiger charge is 2.71. The zero-order valence-electron chi connectivity index (χ0n) is 10.3. The molecular formula is C10H15O7P2+. The third-order valence-electron chi connectivity index (χ3n) is 2.34. The van der Waals surface area contributed by atoms with Gasteiger partial charge in [0, 0.05) is 0 Å². The van der Waals surface area contributed by atoms with Crippen molar-refractivity contribution in [3.8, 4) is 0 Å². The molecule has 0 bridgehead atoms. The van der Waals surface area contributed by atoms with Crippen molar-refractivity contribution in [1.29, 1.82) is 0 Å². The molecule has 1 fully saturated rings. The minimum atomic E-state index is -3.96. The summed E-state index contributed by atoms with van der Waals surface area (Å²) in [6, 6.07) is 7.76. The summed E-state index contributed by atoms with van der Waals surface area (Å²) >= 11 is 0. The van der Waals surface area contributed by atoms with E-state index in [1.54, 1.807) is 0 Å². The van der Waals surface area contributed by atoms with Gasteiger partial charge in [-0.2, -0.15) is 4.89 Å². The predicted molar refractivity (Wildman–Crippen MR) is 67.9 cm³/mol. The van der Waals surface area contributed by atoms with Crippen LogP contribution < -0.4 is 0 Å². The Balaban J connectivity index is 1.68. The number of hydrogen-bond donors (Lipinski definition) is 2. The molecule has 1 saturated heterocycles. The van der Waals surface area contributed by atoms with E-state index in [0.29, 0.717) is 6.61 Å². The van der Waals surface area contributed by atoms with Crippen LogP contribution in [-0.4, -0.2) is 22.6 Å². The van der Waals surface area contributed by atoms with E-state index in [1.807, 2.05) is 31.2 Å². The average molecular weight is 309 g/mol. The fraction of sp³-hybridized carbons (Fsp3) is 0.400. The first-order valence-corrected chi connectivity index (χ1v) is 8.81. The summed E-state index contributed by atoms with van der Waals surface area (Å²) in [4.78, 5) is 18.5. The van der Waals surface area contributed by atoms with Crippen molar-refractivity contribution in [1.82, 2.24) is 0 Å². The highest BCUT2D eigenvalue weighted by Crippen LogP contribution is 2.79. The van der Waals surface area contributed by atoms with Gasteiger partial charge in [-0.3, -0.25) is 4.57 Å². The van der Waals surface area contributed by atoms with Crippen LogP contribution in [0.3, 0.4) is 0 Å². The topological polar surface area (TPSA) is 101 Å².